The maximum Gasteiger partial charge on any atom is 0.121 e. The molecule has 0 saturated carbocycles. The Morgan fingerprint density at radius 1 is 1.15 bits per heavy atom. The Labute approximate surface area is 126 Å². The first kappa shape index (κ1) is 14.9. The number of amidine groups is 1. The Bertz CT molecular complexity index is 513. The average molecular weight is 286 g/mol. The van der Waals surface area contributed by atoms with Gasteiger partial charge in [-0.3, -0.25) is 0 Å². The fraction of sp³-hybridized carbons (Fsp3) is 0.353. The Kier molecular flexibility index (Phi) is 5.48. The van der Waals surface area contributed by atoms with Crippen LogP contribution in [0.1, 0.15) is 19.4 Å². The van der Waals surface area contributed by atoms with Gasteiger partial charge in [-0.05, 0) is 37.3 Å². The van der Waals surface area contributed by atoms with Gasteiger partial charge in [0.1, 0.15) is 5.84 Å². The molecule has 0 fully saturated rings. The summed E-state index contributed by atoms with van der Waals surface area (Å²) in [5.74, 6) is 1.16. The van der Waals surface area contributed by atoms with Gasteiger partial charge in [-0.2, -0.15) is 0 Å². The van der Waals surface area contributed by atoms with Gasteiger partial charge in [0.05, 0.1) is 5.25 Å². The second-order valence-electron chi connectivity index (χ2n) is 4.62. The molecule has 3 heteroatoms. The normalized spacial score (nSPS) is 18.2. The average Bonchev–Trinajstić information content (AvgIpc) is 2.72. The summed E-state index contributed by atoms with van der Waals surface area (Å²) in [4.78, 5) is 7.01. The molecular weight excluding hydrogens is 264 g/mol. The number of thioether (sulfide) groups is 1. The molecule has 0 N–H and O–H groups in total. The van der Waals surface area contributed by atoms with Crippen molar-refractivity contribution in [3.05, 3.63) is 54.2 Å². The molecule has 1 unspecified atom stereocenters. The minimum atomic E-state index is 0.306. The van der Waals surface area contributed by atoms with E-state index in [1.807, 2.05) is 24.0 Å². The molecule has 1 atom stereocenters. The van der Waals surface area contributed by atoms with E-state index in [9.17, 15) is 0 Å². The van der Waals surface area contributed by atoms with Crippen LogP contribution in [0.5, 0.6) is 0 Å². The highest BCUT2D eigenvalue weighted by atomic mass is 32.2. The van der Waals surface area contributed by atoms with Crippen LogP contribution in [0.4, 0.5) is 0 Å². The van der Waals surface area contributed by atoms with Crippen molar-refractivity contribution in [2.24, 2.45) is 4.99 Å². The smallest absolute Gasteiger partial charge is 0.121 e. The van der Waals surface area contributed by atoms with E-state index >= 15 is 0 Å². The summed E-state index contributed by atoms with van der Waals surface area (Å²) >= 11 is 1.84. The first-order valence-corrected chi connectivity index (χ1v) is 8.38. The number of aliphatic imine (C=N–C) groups is 1. The van der Waals surface area contributed by atoms with Crippen LogP contribution in [0.3, 0.4) is 0 Å². The standard InChI is InChI=1S/C17H22N2S/c1-4-19(5-2)17-16(20-3)13-15(11-12-18-17)14-9-7-6-8-10-14/h6-13,16H,4-5H2,1-3H3. The second kappa shape index (κ2) is 7.34. The van der Waals surface area contributed by atoms with Gasteiger partial charge in [0.25, 0.3) is 0 Å². The first-order valence-electron chi connectivity index (χ1n) is 7.09. The monoisotopic (exact) mass is 286 g/mol. The molecule has 0 spiro atoms. The van der Waals surface area contributed by atoms with Crippen LogP contribution >= 0.6 is 11.8 Å². The van der Waals surface area contributed by atoms with Crippen molar-refractivity contribution >= 4 is 23.2 Å². The predicted octanol–water partition coefficient (Wildman–Crippen LogP) is 4.07. The highest BCUT2D eigenvalue weighted by molar-refractivity contribution is 8.00. The van der Waals surface area contributed by atoms with Crippen molar-refractivity contribution in [2.45, 2.75) is 19.1 Å². The van der Waals surface area contributed by atoms with Crippen molar-refractivity contribution in [1.29, 1.82) is 0 Å². The van der Waals surface area contributed by atoms with E-state index in [0.717, 1.165) is 18.9 Å². The molecule has 1 heterocycles. The SMILES string of the molecule is CCN(CC)C1=NC=CC(c2ccccc2)=CC1SC. The fourth-order valence-corrected chi connectivity index (χ4v) is 3.07. The lowest BCUT2D eigenvalue weighted by Crippen LogP contribution is -2.36. The Morgan fingerprint density at radius 3 is 2.45 bits per heavy atom. The van der Waals surface area contributed by atoms with Crippen LogP contribution in [0.15, 0.2) is 53.7 Å². The zero-order chi connectivity index (χ0) is 14.4. The molecule has 0 saturated heterocycles. The molecule has 1 aromatic carbocycles. The molecular formula is C17H22N2S. The number of nitrogens with zero attached hydrogens (tertiary/aromatic N) is 2. The van der Waals surface area contributed by atoms with Gasteiger partial charge in [0.15, 0.2) is 0 Å². The summed E-state index contributed by atoms with van der Waals surface area (Å²) in [5, 5.41) is 0.306. The summed E-state index contributed by atoms with van der Waals surface area (Å²) in [6, 6.07) is 10.5. The van der Waals surface area contributed by atoms with E-state index in [1.165, 1.54) is 11.1 Å². The quantitative estimate of drug-likeness (QED) is 0.829. The molecule has 0 aliphatic carbocycles. The number of benzene rings is 1. The van der Waals surface area contributed by atoms with Gasteiger partial charge in [-0.15, -0.1) is 11.8 Å². The molecule has 20 heavy (non-hydrogen) atoms. The van der Waals surface area contributed by atoms with Crippen LogP contribution < -0.4 is 0 Å². The van der Waals surface area contributed by atoms with Crippen molar-refractivity contribution in [3.8, 4) is 0 Å². The van der Waals surface area contributed by atoms with E-state index < -0.39 is 0 Å². The summed E-state index contributed by atoms with van der Waals surface area (Å²) in [6.07, 6.45) is 8.51. The predicted molar refractivity (Wildman–Crippen MR) is 91.2 cm³/mol. The third-order valence-electron chi connectivity index (χ3n) is 3.49. The van der Waals surface area contributed by atoms with Gasteiger partial charge in [0, 0.05) is 19.3 Å². The zero-order valence-corrected chi connectivity index (χ0v) is 13.2. The van der Waals surface area contributed by atoms with Gasteiger partial charge < -0.3 is 4.90 Å². The molecule has 1 aromatic rings. The maximum absolute atomic E-state index is 4.68. The fourth-order valence-electron chi connectivity index (χ4n) is 2.37. The van der Waals surface area contributed by atoms with E-state index in [2.05, 4.69) is 66.4 Å². The van der Waals surface area contributed by atoms with Gasteiger partial charge >= 0.3 is 0 Å². The molecule has 1 aliphatic heterocycles. The van der Waals surface area contributed by atoms with E-state index in [-0.39, 0.29) is 0 Å². The molecule has 2 nitrogen and oxygen atoms in total. The summed E-state index contributed by atoms with van der Waals surface area (Å²) in [5.41, 5.74) is 2.50. The summed E-state index contributed by atoms with van der Waals surface area (Å²) < 4.78 is 0. The minimum absolute atomic E-state index is 0.306. The highest BCUT2D eigenvalue weighted by Gasteiger charge is 2.19. The van der Waals surface area contributed by atoms with Gasteiger partial charge in [-0.25, -0.2) is 4.99 Å². The molecule has 106 valence electrons. The maximum atomic E-state index is 4.68. The summed E-state index contributed by atoms with van der Waals surface area (Å²) in [7, 11) is 0. The van der Waals surface area contributed by atoms with Crippen molar-refractivity contribution in [1.82, 2.24) is 4.90 Å². The molecule has 0 radical (unpaired) electrons. The third-order valence-corrected chi connectivity index (χ3v) is 4.35. The van der Waals surface area contributed by atoms with Crippen LogP contribution in [-0.4, -0.2) is 35.3 Å². The van der Waals surface area contributed by atoms with E-state index in [1.54, 1.807) is 0 Å². The van der Waals surface area contributed by atoms with Crippen LogP contribution in [0.25, 0.3) is 5.57 Å². The third kappa shape index (κ3) is 3.34. The Morgan fingerprint density at radius 2 is 1.85 bits per heavy atom. The van der Waals surface area contributed by atoms with Crippen molar-refractivity contribution in [3.63, 3.8) is 0 Å². The Hall–Kier alpha value is -1.48. The second-order valence-corrected chi connectivity index (χ2v) is 5.60. The molecule has 1 aliphatic rings. The molecule has 2 rings (SSSR count). The molecule has 0 bridgehead atoms. The molecule has 0 aromatic heterocycles. The lowest BCUT2D eigenvalue weighted by atomic mass is 10.0. The van der Waals surface area contributed by atoms with Crippen LogP contribution in [0.2, 0.25) is 0 Å². The van der Waals surface area contributed by atoms with Crippen LogP contribution in [-0.2, 0) is 0 Å². The number of hydrogen-bond acceptors (Lipinski definition) is 3. The zero-order valence-electron chi connectivity index (χ0n) is 12.4. The van der Waals surface area contributed by atoms with Gasteiger partial charge in [0.2, 0.25) is 0 Å². The minimum Gasteiger partial charge on any atom is -0.359 e. The topological polar surface area (TPSA) is 15.6 Å². The number of allylic oxidation sites excluding steroid dienone is 2. The van der Waals surface area contributed by atoms with E-state index in [0.29, 0.717) is 5.25 Å². The lowest BCUT2D eigenvalue weighted by molar-refractivity contribution is 0.460. The van der Waals surface area contributed by atoms with E-state index in [4.69, 9.17) is 0 Å². The summed E-state index contributed by atoms with van der Waals surface area (Å²) in [6.45, 7) is 6.35. The van der Waals surface area contributed by atoms with Gasteiger partial charge in [-0.1, -0.05) is 36.4 Å². The largest absolute Gasteiger partial charge is 0.359 e. The van der Waals surface area contributed by atoms with Crippen molar-refractivity contribution < 1.29 is 0 Å². The van der Waals surface area contributed by atoms with Crippen LogP contribution in [0, 0.1) is 0 Å². The lowest BCUT2D eigenvalue weighted by Gasteiger charge is -2.26. The number of rotatable bonds is 4. The highest BCUT2D eigenvalue weighted by Crippen LogP contribution is 2.24. The first-order chi connectivity index (χ1) is 9.80. The molecule has 0 amide bonds. The number of hydrogen-bond donors (Lipinski definition) is 0. The van der Waals surface area contributed by atoms with Crippen molar-refractivity contribution in [2.75, 3.05) is 19.3 Å². The Balaban J connectivity index is 2.33.